The van der Waals surface area contributed by atoms with Gasteiger partial charge in [-0.15, -0.1) is 24.0 Å². The summed E-state index contributed by atoms with van der Waals surface area (Å²) < 4.78 is 0. The topological polar surface area (TPSA) is 77.0 Å². The lowest BCUT2D eigenvalue weighted by Crippen LogP contribution is -2.38. The fraction of sp³-hybridized carbons (Fsp3) is 0.417. The minimum absolute atomic E-state index is 0. The van der Waals surface area contributed by atoms with Crippen molar-refractivity contribution in [3.63, 3.8) is 0 Å². The summed E-state index contributed by atoms with van der Waals surface area (Å²) in [6.45, 7) is 1.24. The molecular weight excluding hydrogens is 503 g/mol. The van der Waals surface area contributed by atoms with Gasteiger partial charge < -0.3 is 20.6 Å². The number of aryl methyl sites for hydroxylation is 1. The minimum Gasteiger partial charge on any atom is -0.508 e. The Bertz CT molecular complexity index is 928. The van der Waals surface area contributed by atoms with E-state index in [1.54, 1.807) is 32.1 Å². The first-order valence-corrected chi connectivity index (χ1v) is 10.6. The summed E-state index contributed by atoms with van der Waals surface area (Å²) in [7, 11) is 5.26. The monoisotopic (exact) mass is 536 g/mol. The van der Waals surface area contributed by atoms with Gasteiger partial charge in [-0.3, -0.25) is 9.79 Å². The lowest BCUT2D eigenvalue weighted by molar-refractivity contribution is 0.0827. The largest absolute Gasteiger partial charge is 0.508 e. The van der Waals surface area contributed by atoms with E-state index in [2.05, 4.69) is 21.7 Å². The van der Waals surface area contributed by atoms with E-state index in [1.807, 2.05) is 24.3 Å². The summed E-state index contributed by atoms with van der Waals surface area (Å²) in [5, 5.41) is 17.0. The third kappa shape index (κ3) is 6.59. The standard InChI is InChI=1S/C24H32N4O2.HI/c1-25-24(26-14-13-17-7-6-9-19(15-17)23(30)28(2)3)27-16-21-20-10-5-4-8-18(20)11-12-22(21)29;/h6-7,9,11-12,15,29H,4-5,8,10,13-14,16H2,1-3H3,(H2,25,26,27);1H. The van der Waals surface area contributed by atoms with Crippen LogP contribution in [0.4, 0.5) is 0 Å². The molecule has 0 saturated heterocycles. The smallest absolute Gasteiger partial charge is 0.253 e. The van der Waals surface area contributed by atoms with Gasteiger partial charge in [-0.1, -0.05) is 18.2 Å². The third-order valence-electron chi connectivity index (χ3n) is 5.57. The Morgan fingerprint density at radius 2 is 1.90 bits per heavy atom. The van der Waals surface area contributed by atoms with Crippen LogP contribution >= 0.6 is 24.0 Å². The number of phenolic OH excluding ortho intramolecular Hbond substituents is 1. The number of hydrogen-bond acceptors (Lipinski definition) is 3. The highest BCUT2D eigenvalue weighted by molar-refractivity contribution is 14.0. The average molecular weight is 536 g/mol. The predicted octanol–water partition coefficient (Wildman–Crippen LogP) is 3.50. The van der Waals surface area contributed by atoms with Crippen LogP contribution in [0.5, 0.6) is 5.75 Å². The number of phenols is 1. The molecule has 6 nitrogen and oxygen atoms in total. The minimum atomic E-state index is 0. The van der Waals surface area contributed by atoms with Crippen molar-refractivity contribution < 1.29 is 9.90 Å². The van der Waals surface area contributed by atoms with Crippen molar-refractivity contribution in [2.24, 2.45) is 4.99 Å². The average Bonchev–Trinajstić information content (AvgIpc) is 2.76. The van der Waals surface area contributed by atoms with Crippen LogP contribution in [0, 0.1) is 0 Å². The highest BCUT2D eigenvalue weighted by Gasteiger charge is 2.16. The van der Waals surface area contributed by atoms with Gasteiger partial charge in [-0.25, -0.2) is 0 Å². The molecule has 0 bridgehead atoms. The summed E-state index contributed by atoms with van der Waals surface area (Å²) >= 11 is 0. The number of guanidine groups is 1. The SMILES string of the molecule is CN=C(NCCc1cccc(C(=O)N(C)C)c1)NCc1c(O)ccc2c1CCCC2.I. The van der Waals surface area contributed by atoms with Gasteiger partial charge in [0.1, 0.15) is 5.75 Å². The second-order valence-electron chi connectivity index (χ2n) is 7.91. The molecule has 1 aliphatic carbocycles. The molecule has 2 aromatic carbocycles. The maximum Gasteiger partial charge on any atom is 0.253 e. The van der Waals surface area contributed by atoms with Crippen LogP contribution in [0.25, 0.3) is 0 Å². The number of aliphatic imine (C=N–C) groups is 1. The van der Waals surface area contributed by atoms with Gasteiger partial charge in [0, 0.05) is 45.4 Å². The molecule has 0 fully saturated rings. The predicted molar refractivity (Wildman–Crippen MR) is 137 cm³/mol. The van der Waals surface area contributed by atoms with Crippen molar-refractivity contribution in [1.82, 2.24) is 15.5 Å². The lowest BCUT2D eigenvalue weighted by atomic mass is 9.88. The summed E-state index contributed by atoms with van der Waals surface area (Å²) in [4.78, 5) is 18.0. The van der Waals surface area contributed by atoms with Crippen molar-refractivity contribution in [1.29, 1.82) is 0 Å². The molecular formula is C24H33IN4O2. The zero-order valence-corrected chi connectivity index (χ0v) is 20.9. The molecule has 0 heterocycles. The number of aromatic hydroxyl groups is 1. The Labute approximate surface area is 202 Å². The summed E-state index contributed by atoms with van der Waals surface area (Å²) in [6.07, 6.45) is 5.28. The molecule has 0 atom stereocenters. The molecule has 0 unspecified atom stereocenters. The fourth-order valence-corrected chi connectivity index (χ4v) is 3.93. The first kappa shape index (κ1) is 25.0. The van der Waals surface area contributed by atoms with Gasteiger partial charge in [0.15, 0.2) is 5.96 Å². The quantitative estimate of drug-likeness (QED) is 0.300. The molecule has 168 valence electrons. The van der Waals surface area contributed by atoms with E-state index in [4.69, 9.17) is 0 Å². The Kier molecular flexibility index (Phi) is 9.61. The van der Waals surface area contributed by atoms with E-state index in [1.165, 1.54) is 24.0 Å². The highest BCUT2D eigenvalue weighted by atomic mass is 127. The molecule has 2 aromatic rings. The number of nitrogens with zero attached hydrogens (tertiary/aromatic N) is 2. The molecule has 1 aliphatic rings. The van der Waals surface area contributed by atoms with Crippen LogP contribution in [-0.2, 0) is 25.8 Å². The zero-order chi connectivity index (χ0) is 21.5. The van der Waals surface area contributed by atoms with Gasteiger partial charge in [0.2, 0.25) is 0 Å². The van der Waals surface area contributed by atoms with Crippen LogP contribution in [0.3, 0.4) is 0 Å². The first-order chi connectivity index (χ1) is 14.5. The maximum absolute atomic E-state index is 12.1. The number of amides is 1. The zero-order valence-electron chi connectivity index (χ0n) is 18.6. The molecule has 1 amide bonds. The first-order valence-electron chi connectivity index (χ1n) is 10.6. The number of carbonyl (C=O) groups excluding carboxylic acids is 1. The van der Waals surface area contributed by atoms with Crippen molar-refractivity contribution in [2.45, 2.75) is 38.6 Å². The van der Waals surface area contributed by atoms with E-state index in [9.17, 15) is 9.90 Å². The van der Waals surface area contributed by atoms with Gasteiger partial charge >= 0.3 is 0 Å². The van der Waals surface area contributed by atoms with Crippen LogP contribution < -0.4 is 10.6 Å². The Hall–Kier alpha value is -2.29. The number of halogens is 1. The number of carbonyl (C=O) groups is 1. The fourth-order valence-electron chi connectivity index (χ4n) is 3.93. The number of rotatable bonds is 6. The van der Waals surface area contributed by atoms with E-state index < -0.39 is 0 Å². The molecule has 3 N–H and O–H groups in total. The maximum atomic E-state index is 12.1. The van der Waals surface area contributed by atoms with Crippen LogP contribution in [0.2, 0.25) is 0 Å². The van der Waals surface area contributed by atoms with E-state index in [0.29, 0.717) is 30.4 Å². The molecule has 0 aromatic heterocycles. The van der Waals surface area contributed by atoms with Gasteiger partial charge in [-0.2, -0.15) is 0 Å². The normalized spacial score (nSPS) is 13.1. The molecule has 3 rings (SSSR count). The van der Waals surface area contributed by atoms with Crippen LogP contribution in [-0.4, -0.2) is 49.6 Å². The Balaban J connectivity index is 0.00000341. The summed E-state index contributed by atoms with van der Waals surface area (Å²) in [6, 6.07) is 11.6. The molecule has 0 radical (unpaired) electrons. The second kappa shape index (κ2) is 11.9. The van der Waals surface area contributed by atoms with Crippen molar-refractivity contribution in [3.8, 4) is 5.75 Å². The molecule has 0 saturated carbocycles. The Morgan fingerprint density at radius 1 is 1.13 bits per heavy atom. The molecule has 0 spiro atoms. The van der Waals surface area contributed by atoms with Crippen LogP contribution in [0.1, 0.15) is 45.5 Å². The van der Waals surface area contributed by atoms with E-state index in [-0.39, 0.29) is 29.9 Å². The number of fused-ring (bicyclic) bond motifs is 1. The van der Waals surface area contributed by atoms with Crippen molar-refractivity contribution >= 4 is 35.8 Å². The van der Waals surface area contributed by atoms with Gasteiger partial charge in [0.25, 0.3) is 5.91 Å². The van der Waals surface area contributed by atoms with Gasteiger partial charge in [0.05, 0.1) is 0 Å². The number of benzene rings is 2. The number of nitrogens with one attached hydrogen (secondary N) is 2. The molecule has 0 aliphatic heterocycles. The van der Waals surface area contributed by atoms with Crippen molar-refractivity contribution in [2.75, 3.05) is 27.7 Å². The number of hydrogen-bond donors (Lipinski definition) is 3. The van der Waals surface area contributed by atoms with Crippen LogP contribution in [0.15, 0.2) is 41.4 Å². The Morgan fingerprint density at radius 3 is 2.65 bits per heavy atom. The summed E-state index contributed by atoms with van der Waals surface area (Å²) in [5.41, 5.74) is 5.41. The van der Waals surface area contributed by atoms with Crippen molar-refractivity contribution in [3.05, 3.63) is 64.2 Å². The second-order valence-corrected chi connectivity index (χ2v) is 7.91. The van der Waals surface area contributed by atoms with E-state index in [0.717, 1.165) is 30.4 Å². The molecule has 31 heavy (non-hydrogen) atoms. The highest BCUT2D eigenvalue weighted by Crippen LogP contribution is 2.30. The summed E-state index contributed by atoms with van der Waals surface area (Å²) in [5.74, 6) is 1.05. The third-order valence-corrected chi connectivity index (χ3v) is 5.57. The lowest BCUT2D eigenvalue weighted by Gasteiger charge is -2.21. The van der Waals surface area contributed by atoms with Gasteiger partial charge in [-0.05, 0) is 67.0 Å². The molecule has 7 heteroatoms. The van der Waals surface area contributed by atoms with E-state index >= 15 is 0 Å².